The van der Waals surface area contributed by atoms with Crippen LogP contribution in [0.3, 0.4) is 0 Å². The molecule has 4 nitrogen and oxygen atoms in total. The molecule has 2 rings (SSSR count). The minimum Gasteiger partial charge on any atom is -0.505 e. The molecule has 5 heteroatoms. The Kier molecular flexibility index (Phi) is 3.64. The number of benzene rings is 1. The van der Waals surface area contributed by atoms with Gasteiger partial charge >= 0.3 is 0 Å². The molecule has 0 heterocycles. The maximum absolute atomic E-state index is 12.3. The lowest BCUT2D eigenvalue weighted by Gasteiger charge is -2.27. The number of para-hydroxylation sites is 1. The van der Waals surface area contributed by atoms with E-state index in [1.807, 2.05) is 6.92 Å². The van der Waals surface area contributed by atoms with Crippen LogP contribution in [0.25, 0.3) is 0 Å². The number of carbonyl (C=O) groups excluding carboxylic acids is 1. The predicted molar refractivity (Wildman–Crippen MR) is 74.4 cm³/mol. The van der Waals surface area contributed by atoms with E-state index in [1.165, 1.54) is 0 Å². The Morgan fingerprint density at radius 3 is 2.94 bits per heavy atom. The normalized spacial score (nSPS) is 27.2. The number of hydrogen-bond acceptors (Lipinski definition) is 3. The molecular weight excluding hydrogens is 296 g/mol. The number of hydrogen-bond donors (Lipinski definition) is 3. The van der Waals surface area contributed by atoms with Crippen molar-refractivity contribution in [1.82, 2.24) is 0 Å². The lowest BCUT2D eigenvalue weighted by molar-refractivity contribution is -0.125. The number of phenols is 1. The van der Waals surface area contributed by atoms with Crippen LogP contribution in [0.15, 0.2) is 22.7 Å². The Balaban J connectivity index is 2.19. The Bertz CT molecular complexity index is 478. The van der Waals surface area contributed by atoms with Gasteiger partial charge in [0.1, 0.15) is 0 Å². The largest absolute Gasteiger partial charge is 0.505 e. The van der Waals surface area contributed by atoms with E-state index in [1.54, 1.807) is 18.2 Å². The molecule has 0 spiro atoms. The number of nitrogens with one attached hydrogen (secondary N) is 1. The van der Waals surface area contributed by atoms with Gasteiger partial charge < -0.3 is 16.2 Å². The number of nitrogens with two attached hydrogens (primary N) is 1. The minimum absolute atomic E-state index is 0.0426. The van der Waals surface area contributed by atoms with Crippen LogP contribution in [0.1, 0.15) is 26.2 Å². The van der Waals surface area contributed by atoms with E-state index in [4.69, 9.17) is 5.73 Å². The SMILES string of the molecule is CC1(C(=O)Nc2cccc(Br)c2O)CCCC1N. The molecule has 1 aromatic rings. The van der Waals surface area contributed by atoms with E-state index in [0.717, 1.165) is 19.3 Å². The van der Waals surface area contributed by atoms with Crippen molar-refractivity contribution < 1.29 is 9.90 Å². The molecule has 0 aromatic heterocycles. The molecule has 4 N–H and O–H groups in total. The maximum atomic E-state index is 12.3. The summed E-state index contributed by atoms with van der Waals surface area (Å²) in [4.78, 5) is 12.3. The summed E-state index contributed by atoms with van der Waals surface area (Å²) in [7, 11) is 0. The van der Waals surface area contributed by atoms with Crippen molar-refractivity contribution in [3.05, 3.63) is 22.7 Å². The van der Waals surface area contributed by atoms with Crippen molar-refractivity contribution in [2.45, 2.75) is 32.2 Å². The van der Waals surface area contributed by atoms with Gasteiger partial charge in [0.25, 0.3) is 0 Å². The van der Waals surface area contributed by atoms with Gasteiger partial charge in [-0.2, -0.15) is 0 Å². The molecule has 0 radical (unpaired) electrons. The van der Waals surface area contributed by atoms with E-state index in [9.17, 15) is 9.90 Å². The number of carbonyl (C=O) groups is 1. The van der Waals surface area contributed by atoms with Crippen LogP contribution in [0.2, 0.25) is 0 Å². The van der Waals surface area contributed by atoms with Crippen LogP contribution in [0, 0.1) is 5.41 Å². The highest BCUT2D eigenvalue weighted by molar-refractivity contribution is 9.10. The highest BCUT2D eigenvalue weighted by atomic mass is 79.9. The second kappa shape index (κ2) is 4.90. The van der Waals surface area contributed by atoms with Crippen molar-refractivity contribution in [3.63, 3.8) is 0 Å². The zero-order chi connectivity index (χ0) is 13.3. The van der Waals surface area contributed by atoms with Gasteiger partial charge in [-0.25, -0.2) is 0 Å². The highest BCUT2D eigenvalue weighted by Crippen LogP contribution is 2.39. The summed E-state index contributed by atoms with van der Waals surface area (Å²) in [5.74, 6) is -0.0816. The predicted octanol–water partition coefficient (Wildman–Crippen LogP) is 2.61. The number of anilines is 1. The van der Waals surface area contributed by atoms with E-state index >= 15 is 0 Å². The molecule has 1 saturated carbocycles. The molecule has 18 heavy (non-hydrogen) atoms. The van der Waals surface area contributed by atoms with Gasteiger partial charge in [-0.15, -0.1) is 0 Å². The summed E-state index contributed by atoms with van der Waals surface area (Å²) < 4.78 is 0.557. The first-order valence-electron chi connectivity index (χ1n) is 5.99. The Hall–Kier alpha value is -1.07. The summed E-state index contributed by atoms with van der Waals surface area (Å²) in [6.07, 6.45) is 2.62. The summed E-state index contributed by atoms with van der Waals surface area (Å²) in [6.45, 7) is 1.88. The maximum Gasteiger partial charge on any atom is 0.231 e. The molecule has 1 fully saturated rings. The van der Waals surface area contributed by atoms with Crippen LogP contribution in [0.5, 0.6) is 5.75 Å². The first-order valence-corrected chi connectivity index (χ1v) is 6.79. The van der Waals surface area contributed by atoms with Gasteiger partial charge in [0.15, 0.2) is 5.75 Å². The summed E-state index contributed by atoms with van der Waals surface area (Å²) in [6, 6.07) is 5.03. The molecule has 2 unspecified atom stereocenters. The molecule has 1 aliphatic carbocycles. The standard InChI is InChI=1S/C13H17BrN2O2/c1-13(7-3-6-10(13)15)12(18)16-9-5-2-4-8(14)11(9)17/h2,4-5,10,17H,3,6-7,15H2,1H3,(H,16,18). The fraction of sp³-hybridized carbons (Fsp3) is 0.462. The molecule has 0 aliphatic heterocycles. The van der Waals surface area contributed by atoms with Crippen LogP contribution < -0.4 is 11.1 Å². The van der Waals surface area contributed by atoms with Gasteiger partial charge in [-0.05, 0) is 47.8 Å². The van der Waals surface area contributed by atoms with E-state index in [2.05, 4.69) is 21.2 Å². The first-order chi connectivity index (χ1) is 8.45. The highest BCUT2D eigenvalue weighted by Gasteiger charge is 2.43. The van der Waals surface area contributed by atoms with Gasteiger partial charge in [-0.1, -0.05) is 12.5 Å². The van der Waals surface area contributed by atoms with Crippen molar-refractivity contribution in [1.29, 1.82) is 0 Å². The minimum atomic E-state index is -0.547. The lowest BCUT2D eigenvalue weighted by Crippen LogP contribution is -2.44. The molecule has 0 bridgehead atoms. The fourth-order valence-corrected chi connectivity index (χ4v) is 2.72. The number of amides is 1. The van der Waals surface area contributed by atoms with E-state index in [-0.39, 0.29) is 17.7 Å². The van der Waals surface area contributed by atoms with E-state index < -0.39 is 5.41 Å². The molecule has 98 valence electrons. The molecule has 1 aliphatic rings. The molecule has 2 atom stereocenters. The van der Waals surface area contributed by atoms with Gasteiger partial charge in [0.2, 0.25) is 5.91 Å². The summed E-state index contributed by atoms with van der Waals surface area (Å²) in [5, 5.41) is 12.6. The topological polar surface area (TPSA) is 75.3 Å². The second-order valence-electron chi connectivity index (χ2n) is 5.01. The second-order valence-corrected chi connectivity index (χ2v) is 5.86. The Labute approximate surface area is 115 Å². The average molecular weight is 313 g/mol. The molecule has 1 aromatic carbocycles. The lowest BCUT2D eigenvalue weighted by atomic mass is 9.84. The van der Waals surface area contributed by atoms with Gasteiger partial charge in [0.05, 0.1) is 15.6 Å². The third kappa shape index (κ3) is 2.24. The Morgan fingerprint density at radius 2 is 2.33 bits per heavy atom. The van der Waals surface area contributed by atoms with Gasteiger partial charge in [0, 0.05) is 6.04 Å². The quantitative estimate of drug-likeness (QED) is 0.735. The molecule has 1 amide bonds. The van der Waals surface area contributed by atoms with Crippen molar-refractivity contribution in [2.75, 3.05) is 5.32 Å². The van der Waals surface area contributed by atoms with Crippen molar-refractivity contribution in [2.24, 2.45) is 11.1 Å². The number of halogens is 1. The number of aromatic hydroxyl groups is 1. The monoisotopic (exact) mass is 312 g/mol. The Morgan fingerprint density at radius 1 is 1.61 bits per heavy atom. The molecular formula is C13H17BrN2O2. The fourth-order valence-electron chi connectivity index (χ4n) is 2.36. The average Bonchev–Trinajstić information content (AvgIpc) is 2.67. The summed E-state index contributed by atoms with van der Waals surface area (Å²) >= 11 is 3.22. The zero-order valence-electron chi connectivity index (χ0n) is 10.2. The van der Waals surface area contributed by atoms with Crippen LogP contribution in [-0.4, -0.2) is 17.1 Å². The third-order valence-electron chi connectivity index (χ3n) is 3.78. The summed E-state index contributed by atoms with van der Waals surface area (Å²) in [5.41, 5.74) is 5.87. The van der Waals surface area contributed by atoms with Crippen LogP contribution >= 0.6 is 15.9 Å². The zero-order valence-corrected chi connectivity index (χ0v) is 11.8. The third-order valence-corrected chi connectivity index (χ3v) is 4.42. The number of phenolic OH excluding ortho intramolecular Hbond substituents is 1. The first kappa shape index (κ1) is 13.4. The van der Waals surface area contributed by atoms with Crippen LogP contribution in [0.4, 0.5) is 5.69 Å². The van der Waals surface area contributed by atoms with Crippen molar-refractivity contribution >= 4 is 27.5 Å². The molecule has 0 saturated heterocycles. The van der Waals surface area contributed by atoms with Gasteiger partial charge in [-0.3, -0.25) is 4.79 Å². The van der Waals surface area contributed by atoms with Crippen LogP contribution in [-0.2, 0) is 4.79 Å². The number of rotatable bonds is 2. The smallest absolute Gasteiger partial charge is 0.231 e. The van der Waals surface area contributed by atoms with E-state index in [0.29, 0.717) is 10.2 Å². The van der Waals surface area contributed by atoms with Crippen molar-refractivity contribution in [3.8, 4) is 5.75 Å².